The highest BCUT2D eigenvalue weighted by molar-refractivity contribution is 5.82. The van der Waals surface area contributed by atoms with Crippen LogP contribution in [0.25, 0.3) is 10.9 Å². The molecule has 250 valence electrons. The number of pyridine rings is 1. The number of anilines is 1. The summed E-state index contributed by atoms with van der Waals surface area (Å²) >= 11 is 0. The van der Waals surface area contributed by atoms with Gasteiger partial charge in [-0.2, -0.15) is 26.3 Å². The van der Waals surface area contributed by atoms with Crippen molar-refractivity contribution in [3.63, 3.8) is 0 Å². The molecule has 2 aliphatic rings. The first-order chi connectivity index (χ1) is 21.9. The minimum absolute atomic E-state index is 0.0164. The van der Waals surface area contributed by atoms with Gasteiger partial charge in [-0.05, 0) is 74.5 Å². The van der Waals surface area contributed by atoms with E-state index in [9.17, 15) is 31.1 Å². The number of rotatable bonds is 8. The molecule has 0 bridgehead atoms. The Kier molecular flexibility index (Phi) is 10.6. The largest absolute Gasteiger partial charge is 0.450 e. The molecule has 1 saturated carbocycles. The van der Waals surface area contributed by atoms with E-state index in [1.807, 2.05) is 30.3 Å². The van der Waals surface area contributed by atoms with Gasteiger partial charge < -0.3 is 14.5 Å². The summed E-state index contributed by atoms with van der Waals surface area (Å²) in [5.74, 6) is 1.36. The number of alkyl halides is 6. The average molecular weight is 651 g/mol. The Bertz CT molecular complexity index is 1460. The standard InChI is InChI=1S/C34H40F6N4O2/c1-2-46-32(45)44(22-25-17-28(33(35,36)37)20-29(18-25)34(38,39)40)23-27-19-26-11-6-7-12-30(26)41-31(27)43-14-8-13-42(15-16-43)21-24-9-4-3-5-10-24/h6-7,11-12,17-20,24H,2-5,8-10,13-16,21-23H2,1H3. The molecule has 0 spiro atoms. The zero-order valence-electron chi connectivity index (χ0n) is 26.0. The monoisotopic (exact) mass is 650 g/mol. The maximum Gasteiger partial charge on any atom is 0.416 e. The number of carbonyl (C=O) groups is 1. The summed E-state index contributed by atoms with van der Waals surface area (Å²) in [6, 6.07) is 10.8. The fourth-order valence-electron chi connectivity index (χ4n) is 6.58. The van der Waals surface area contributed by atoms with E-state index in [2.05, 4.69) is 9.80 Å². The highest BCUT2D eigenvalue weighted by Gasteiger charge is 2.37. The first-order valence-corrected chi connectivity index (χ1v) is 16.0. The van der Waals surface area contributed by atoms with Gasteiger partial charge in [0.1, 0.15) is 5.82 Å². The number of amides is 1. The van der Waals surface area contributed by atoms with Gasteiger partial charge in [-0.1, -0.05) is 37.5 Å². The van der Waals surface area contributed by atoms with Gasteiger partial charge in [0.05, 0.1) is 29.8 Å². The van der Waals surface area contributed by atoms with Crippen LogP contribution in [0, 0.1) is 5.92 Å². The minimum Gasteiger partial charge on any atom is -0.450 e. The van der Waals surface area contributed by atoms with Crippen LogP contribution in [0.1, 0.15) is 67.7 Å². The molecule has 0 unspecified atom stereocenters. The summed E-state index contributed by atoms with van der Waals surface area (Å²) in [4.78, 5) is 24.0. The van der Waals surface area contributed by atoms with Crippen LogP contribution in [0.2, 0.25) is 0 Å². The van der Waals surface area contributed by atoms with E-state index in [1.165, 1.54) is 32.1 Å². The summed E-state index contributed by atoms with van der Waals surface area (Å²) in [6.07, 6.45) is -3.55. The van der Waals surface area contributed by atoms with Gasteiger partial charge in [0.25, 0.3) is 0 Å². The normalized spacial score (nSPS) is 17.2. The summed E-state index contributed by atoms with van der Waals surface area (Å²) in [5.41, 5.74) is -1.79. The first-order valence-electron chi connectivity index (χ1n) is 16.0. The maximum absolute atomic E-state index is 13.6. The van der Waals surface area contributed by atoms with E-state index in [-0.39, 0.29) is 24.8 Å². The molecule has 6 nitrogen and oxygen atoms in total. The Balaban J connectivity index is 1.45. The van der Waals surface area contributed by atoms with Crippen LogP contribution in [0.4, 0.5) is 37.0 Å². The lowest BCUT2D eigenvalue weighted by Gasteiger charge is -2.30. The topological polar surface area (TPSA) is 48.9 Å². The van der Waals surface area contributed by atoms with Crippen LogP contribution < -0.4 is 4.90 Å². The van der Waals surface area contributed by atoms with Gasteiger partial charge in [-0.15, -0.1) is 0 Å². The fraction of sp³-hybridized carbons (Fsp3) is 0.529. The molecule has 3 aromatic rings. The number of carbonyl (C=O) groups excluding carboxylic acids is 1. The van der Waals surface area contributed by atoms with Gasteiger partial charge in [-0.25, -0.2) is 9.78 Å². The zero-order chi connectivity index (χ0) is 32.9. The van der Waals surface area contributed by atoms with Gasteiger partial charge in [-0.3, -0.25) is 4.90 Å². The van der Waals surface area contributed by atoms with Crippen LogP contribution in [0.3, 0.4) is 0 Å². The smallest absolute Gasteiger partial charge is 0.416 e. The summed E-state index contributed by atoms with van der Waals surface area (Å²) in [7, 11) is 0. The van der Waals surface area contributed by atoms with Crippen molar-refractivity contribution in [1.29, 1.82) is 0 Å². The predicted octanol–water partition coefficient (Wildman–Crippen LogP) is 8.52. The van der Waals surface area contributed by atoms with Gasteiger partial charge in [0.2, 0.25) is 0 Å². The summed E-state index contributed by atoms with van der Waals surface area (Å²) in [5, 5.41) is 0.803. The lowest BCUT2D eigenvalue weighted by Crippen LogP contribution is -2.36. The molecular weight excluding hydrogens is 610 g/mol. The number of benzene rings is 2. The molecule has 0 N–H and O–H groups in total. The van der Waals surface area contributed by atoms with Crippen molar-refractivity contribution in [2.75, 3.05) is 44.2 Å². The summed E-state index contributed by atoms with van der Waals surface area (Å²) < 4.78 is 86.9. The minimum atomic E-state index is -5.00. The number of para-hydroxylation sites is 1. The van der Waals surface area contributed by atoms with Crippen LogP contribution >= 0.6 is 0 Å². The molecule has 2 aromatic carbocycles. The molecule has 1 aliphatic heterocycles. The summed E-state index contributed by atoms with van der Waals surface area (Å²) in [6.45, 7) is 5.23. The molecule has 1 aliphatic carbocycles. The van der Waals surface area contributed by atoms with Crippen molar-refractivity contribution in [3.8, 4) is 0 Å². The lowest BCUT2D eigenvalue weighted by molar-refractivity contribution is -0.143. The Morgan fingerprint density at radius 1 is 0.870 bits per heavy atom. The van der Waals surface area contributed by atoms with Crippen LogP contribution in [0.15, 0.2) is 48.5 Å². The molecule has 5 rings (SSSR count). The van der Waals surface area contributed by atoms with E-state index < -0.39 is 36.1 Å². The van der Waals surface area contributed by atoms with Gasteiger partial charge >= 0.3 is 18.4 Å². The first kappa shape index (κ1) is 33.8. The maximum atomic E-state index is 13.6. The number of halogens is 6. The predicted molar refractivity (Wildman–Crippen MR) is 164 cm³/mol. The number of fused-ring (bicyclic) bond motifs is 1. The molecule has 2 fully saturated rings. The third-order valence-electron chi connectivity index (χ3n) is 8.82. The van der Waals surface area contributed by atoms with E-state index in [0.29, 0.717) is 36.0 Å². The number of hydrogen-bond donors (Lipinski definition) is 0. The third-order valence-corrected chi connectivity index (χ3v) is 8.82. The second-order valence-electron chi connectivity index (χ2n) is 12.3. The molecule has 2 heterocycles. The van der Waals surface area contributed by atoms with E-state index >= 15 is 0 Å². The quantitative estimate of drug-likeness (QED) is 0.229. The molecule has 1 aromatic heterocycles. The lowest BCUT2D eigenvalue weighted by atomic mass is 9.89. The Morgan fingerprint density at radius 2 is 1.57 bits per heavy atom. The molecule has 1 saturated heterocycles. The molecule has 1 amide bonds. The van der Waals surface area contributed by atoms with Crippen LogP contribution in [0.5, 0.6) is 0 Å². The number of nitrogens with zero attached hydrogens (tertiary/aromatic N) is 4. The van der Waals surface area contributed by atoms with Crippen molar-refractivity contribution in [2.24, 2.45) is 5.92 Å². The number of hydrogen-bond acceptors (Lipinski definition) is 5. The van der Waals surface area contributed by atoms with Crippen molar-refractivity contribution in [3.05, 3.63) is 70.8 Å². The van der Waals surface area contributed by atoms with E-state index in [1.54, 1.807) is 6.92 Å². The molecule has 0 radical (unpaired) electrons. The fourth-order valence-corrected chi connectivity index (χ4v) is 6.58. The van der Waals surface area contributed by atoms with Crippen molar-refractivity contribution >= 4 is 22.8 Å². The van der Waals surface area contributed by atoms with Crippen molar-refractivity contribution in [2.45, 2.75) is 70.9 Å². The molecule has 12 heteroatoms. The highest BCUT2D eigenvalue weighted by atomic mass is 19.4. The number of aromatic nitrogens is 1. The molecular formula is C34H40F6N4O2. The van der Waals surface area contributed by atoms with E-state index in [0.717, 1.165) is 48.4 Å². The Hall–Kier alpha value is -3.54. The van der Waals surface area contributed by atoms with Crippen LogP contribution in [-0.4, -0.2) is 60.2 Å². The SMILES string of the molecule is CCOC(=O)N(Cc1cc(C(F)(F)F)cc(C(F)(F)F)c1)Cc1cc2ccccc2nc1N1CCCN(CC2CCCCC2)CC1. The second kappa shape index (κ2) is 14.5. The second-order valence-corrected chi connectivity index (χ2v) is 12.3. The van der Waals surface area contributed by atoms with E-state index in [4.69, 9.17) is 9.72 Å². The Labute approximate surface area is 265 Å². The molecule has 46 heavy (non-hydrogen) atoms. The third kappa shape index (κ3) is 8.63. The highest BCUT2D eigenvalue weighted by Crippen LogP contribution is 2.37. The zero-order valence-corrected chi connectivity index (χ0v) is 26.0. The van der Waals surface area contributed by atoms with Gasteiger partial charge in [0.15, 0.2) is 0 Å². The van der Waals surface area contributed by atoms with Crippen molar-refractivity contribution in [1.82, 2.24) is 14.8 Å². The van der Waals surface area contributed by atoms with Crippen LogP contribution in [-0.2, 0) is 30.2 Å². The average Bonchev–Trinajstić information content (AvgIpc) is 3.25. The molecule has 0 atom stereocenters. The number of ether oxygens (including phenoxy) is 1. The Morgan fingerprint density at radius 3 is 2.24 bits per heavy atom. The van der Waals surface area contributed by atoms with Crippen molar-refractivity contribution < 1.29 is 35.9 Å². The van der Waals surface area contributed by atoms with Gasteiger partial charge in [0, 0.05) is 43.7 Å².